The Hall–Kier alpha value is -1.36. The van der Waals surface area contributed by atoms with Gasteiger partial charge in [-0.2, -0.15) is 4.98 Å². The van der Waals surface area contributed by atoms with E-state index in [1.807, 2.05) is 0 Å². The van der Waals surface area contributed by atoms with Crippen LogP contribution in [0.25, 0.3) is 11.4 Å². The Balaban J connectivity index is 2.28. The summed E-state index contributed by atoms with van der Waals surface area (Å²) >= 11 is 11.8. The van der Waals surface area contributed by atoms with Gasteiger partial charge in [-0.25, -0.2) is 0 Å². The fourth-order valence-electron chi connectivity index (χ4n) is 1.42. The zero-order chi connectivity index (χ0) is 13.1. The normalized spacial score (nSPS) is 12.4. The lowest BCUT2D eigenvalue weighted by atomic mass is 10.2. The monoisotopic (exact) mass is 283 g/mol. The SMILES string of the molecule is C=CCC(N)c1nc(-c2ccc(Cl)c(Cl)c2)no1. The minimum absolute atomic E-state index is 0.341. The number of nitrogens with zero attached hydrogens (tertiary/aromatic N) is 2. The number of hydrogen-bond acceptors (Lipinski definition) is 4. The molecule has 94 valence electrons. The molecule has 0 amide bonds. The second-order valence-corrected chi connectivity index (χ2v) is 4.53. The van der Waals surface area contributed by atoms with E-state index in [1.165, 1.54) is 0 Å². The molecule has 0 aliphatic rings. The van der Waals surface area contributed by atoms with Crippen molar-refractivity contribution in [3.8, 4) is 11.4 Å². The minimum Gasteiger partial charge on any atom is -0.337 e. The van der Waals surface area contributed by atoms with Crippen molar-refractivity contribution in [3.05, 3.63) is 46.8 Å². The van der Waals surface area contributed by atoms with Crippen LogP contribution in [0, 0.1) is 0 Å². The third-order valence-corrected chi connectivity index (χ3v) is 3.10. The predicted octanol–water partition coefficient (Wildman–Crippen LogP) is 3.62. The molecular formula is C12H11Cl2N3O. The molecule has 0 spiro atoms. The van der Waals surface area contributed by atoms with Crippen molar-refractivity contribution in [1.29, 1.82) is 0 Å². The van der Waals surface area contributed by atoms with Gasteiger partial charge in [-0.15, -0.1) is 6.58 Å². The lowest BCUT2D eigenvalue weighted by Crippen LogP contribution is -2.09. The Morgan fingerprint density at radius 1 is 1.39 bits per heavy atom. The van der Waals surface area contributed by atoms with E-state index in [4.69, 9.17) is 33.5 Å². The van der Waals surface area contributed by atoms with Crippen molar-refractivity contribution in [3.63, 3.8) is 0 Å². The number of aromatic nitrogens is 2. The summed E-state index contributed by atoms with van der Waals surface area (Å²) in [6.45, 7) is 3.61. The summed E-state index contributed by atoms with van der Waals surface area (Å²) in [7, 11) is 0. The van der Waals surface area contributed by atoms with Gasteiger partial charge in [-0.3, -0.25) is 0 Å². The van der Waals surface area contributed by atoms with Crippen LogP contribution in [0.3, 0.4) is 0 Å². The first-order valence-corrected chi connectivity index (χ1v) is 6.03. The van der Waals surface area contributed by atoms with E-state index >= 15 is 0 Å². The molecule has 1 unspecified atom stereocenters. The van der Waals surface area contributed by atoms with Crippen LogP contribution in [-0.4, -0.2) is 10.1 Å². The highest BCUT2D eigenvalue weighted by Gasteiger charge is 2.15. The fourth-order valence-corrected chi connectivity index (χ4v) is 1.72. The van der Waals surface area contributed by atoms with Crippen LogP contribution in [0.1, 0.15) is 18.4 Å². The van der Waals surface area contributed by atoms with Crippen molar-refractivity contribution in [2.45, 2.75) is 12.5 Å². The summed E-state index contributed by atoms with van der Waals surface area (Å²) < 4.78 is 5.09. The van der Waals surface area contributed by atoms with Gasteiger partial charge in [0, 0.05) is 5.56 Å². The molecule has 2 aromatic rings. The summed E-state index contributed by atoms with van der Waals surface area (Å²) in [5.74, 6) is 0.805. The molecule has 2 rings (SSSR count). The molecule has 0 saturated heterocycles. The van der Waals surface area contributed by atoms with Crippen molar-refractivity contribution in [1.82, 2.24) is 10.1 Å². The topological polar surface area (TPSA) is 64.9 Å². The van der Waals surface area contributed by atoms with Gasteiger partial charge in [0.05, 0.1) is 16.1 Å². The Morgan fingerprint density at radius 3 is 2.83 bits per heavy atom. The number of hydrogen-bond donors (Lipinski definition) is 1. The van der Waals surface area contributed by atoms with Crippen molar-refractivity contribution >= 4 is 23.2 Å². The third kappa shape index (κ3) is 2.72. The molecule has 1 aromatic carbocycles. The van der Waals surface area contributed by atoms with E-state index in [2.05, 4.69) is 16.7 Å². The van der Waals surface area contributed by atoms with Crippen LogP contribution in [0.2, 0.25) is 10.0 Å². The second-order valence-electron chi connectivity index (χ2n) is 3.72. The predicted molar refractivity (Wildman–Crippen MR) is 71.5 cm³/mol. The zero-order valence-corrected chi connectivity index (χ0v) is 10.9. The van der Waals surface area contributed by atoms with E-state index in [1.54, 1.807) is 24.3 Å². The van der Waals surface area contributed by atoms with E-state index in [9.17, 15) is 0 Å². The van der Waals surface area contributed by atoms with E-state index in [0.717, 1.165) is 5.56 Å². The fraction of sp³-hybridized carbons (Fsp3) is 0.167. The van der Waals surface area contributed by atoms with Crippen molar-refractivity contribution in [2.75, 3.05) is 0 Å². The van der Waals surface area contributed by atoms with Gasteiger partial charge in [-0.05, 0) is 24.6 Å². The first-order valence-electron chi connectivity index (χ1n) is 5.27. The maximum absolute atomic E-state index is 5.93. The van der Waals surface area contributed by atoms with Gasteiger partial charge in [-0.1, -0.05) is 34.4 Å². The van der Waals surface area contributed by atoms with Gasteiger partial charge in [0.2, 0.25) is 11.7 Å². The highest BCUT2D eigenvalue weighted by atomic mass is 35.5. The molecular weight excluding hydrogens is 273 g/mol. The lowest BCUT2D eigenvalue weighted by molar-refractivity contribution is 0.356. The van der Waals surface area contributed by atoms with Crippen LogP contribution in [-0.2, 0) is 0 Å². The molecule has 18 heavy (non-hydrogen) atoms. The van der Waals surface area contributed by atoms with Crippen molar-refractivity contribution in [2.24, 2.45) is 5.73 Å². The molecule has 0 bridgehead atoms. The molecule has 0 fully saturated rings. The highest BCUT2D eigenvalue weighted by molar-refractivity contribution is 6.42. The number of halogens is 2. The Bertz CT molecular complexity index is 568. The molecule has 0 aliphatic carbocycles. The summed E-state index contributed by atoms with van der Waals surface area (Å²) in [6.07, 6.45) is 2.27. The molecule has 2 N–H and O–H groups in total. The first-order chi connectivity index (χ1) is 8.61. The van der Waals surface area contributed by atoms with E-state index in [-0.39, 0.29) is 6.04 Å². The summed E-state index contributed by atoms with van der Waals surface area (Å²) in [5.41, 5.74) is 6.56. The highest BCUT2D eigenvalue weighted by Crippen LogP contribution is 2.27. The van der Waals surface area contributed by atoms with Crippen LogP contribution < -0.4 is 5.73 Å². The first kappa shape index (κ1) is 13.1. The lowest BCUT2D eigenvalue weighted by Gasteiger charge is -2.00. The van der Waals surface area contributed by atoms with Gasteiger partial charge in [0.15, 0.2) is 0 Å². The van der Waals surface area contributed by atoms with Crippen LogP contribution in [0.15, 0.2) is 35.4 Å². The zero-order valence-electron chi connectivity index (χ0n) is 9.44. The van der Waals surface area contributed by atoms with Gasteiger partial charge < -0.3 is 10.3 Å². The van der Waals surface area contributed by atoms with E-state index < -0.39 is 0 Å². The smallest absolute Gasteiger partial charge is 0.244 e. The number of benzene rings is 1. The quantitative estimate of drug-likeness (QED) is 0.871. The molecule has 1 aromatic heterocycles. The minimum atomic E-state index is -0.341. The Labute approximate surface area is 114 Å². The average molecular weight is 284 g/mol. The second kappa shape index (κ2) is 5.52. The molecule has 6 heteroatoms. The van der Waals surface area contributed by atoms with Crippen LogP contribution in [0.5, 0.6) is 0 Å². The average Bonchev–Trinajstić information content (AvgIpc) is 2.82. The number of rotatable bonds is 4. The number of nitrogens with two attached hydrogens (primary N) is 1. The maximum Gasteiger partial charge on any atom is 0.244 e. The summed E-state index contributed by atoms with van der Waals surface area (Å²) in [4.78, 5) is 4.22. The molecule has 0 aliphatic heterocycles. The molecule has 1 atom stereocenters. The molecule has 1 heterocycles. The van der Waals surface area contributed by atoms with Gasteiger partial charge >= 0.3 is 0 Å². The Morgan fingerprint density at radius 2 is 2.17 bits per heavy atom. The Kier molecular flexibility index (Phi) is 4.01. The van der Waals surface area contributed by atoms with E-state index in [0.29, 0.717) is 28.2 Å². The summed E-state index contributed by atoms with van der Waals surface area (Å²) in [6, 6.07) is 4.78. The van der Waals surface area contributed by atoms with Gasteiger partial charge in [0.25, 0.3) is 0 Å². The molecule has 4 nitrogen and oxygen atoms in total. The van der Waals surface area contributed by atoms with Gasteiger partial charge in [0.1, 0.15) is 0 Å². The maximum atomic E-state index is 5.93. The van der Waals surface area contributed by atoms with Crippen LogP contribution >= 0.6 is 23.2 Å². The summed E-state index contributed by atoms with van der Waals surface area (Å²) in [5, 5.41) is 4.78. The molecule has 0 radical (unpaired) electrons. The largest absolute Gasteiger partial charge is 0.337 e. The molecule has 0 saturated carbocycles. The standard InChI is InChI=1S/C12H11Cl2N3O/c1-2-3-10(15)12-16-11(17-18-12)7-4-5-8(13)9(14)6-7/h2,4-6,10H,1,3,15H2. The van der Waals surface area contributed by atoms with Crippen LogP contribution in [0.4, 0.5) is 0 Å². The van der Waals surface area contributed by atoms with Crippen molar-refractivity contribution < 1.29 is 4.52 Å². The third-order valence-electron chi connectivity index (χ3n) is 2.36.